The lowest BCUT2D eigenvalue weighted by Gasteiger charge is -2.36. The molecule has 0 unspecified atom stereocenters. The second kappa shape index (κ2) is 7.85. The minimum absolute atomic E-state index is 0.0161. The molecule has 1 aromatic rings. The van der Waals surface area contributed by atoms with Gasteiger partial charge in [-0.25, -0.2) is 0 Å². The molecule has 0 aliphatic carbocycles. The third-order valence-corrected chi connectivity index (χ3v) is 5.53. The molecule has 0 saturated carbocycles. The number of benzene rings is 1. The summed E-state index contributed by atoms with van der Waals surface area (Å²) in [6.45, 7) is 4.93. The Labute approximate surface area is 153 Å². The van der Waals surface area contributed by atoms with E-state index in [0.29, 0.717) is 37.4 Å². The molecule has 3 rings (SSSR count). The number of amides is 2. The van der Waals surface area contributed by atoms with Gasteiger partial charge in [0, 0.05) is 49.8 Å². The Morgan fingerprint density at radius 2 is 1.65 bits per heavy atom. The topological polar surface area (TPSA) is 83.8 Å². The summed E-state index contributed by atoms with van der Waals surface area (Å²) in [6, 6.07) is 5.82. The molecular formula is C19H25N3O4. The number of likely N-dealkylation sites (tertiary alicyclic amines) is 2. The van der Waals surface area contributed by atoms with Gasteiger partial charge in [0.25, 0.3) is 11.6 Å². The number of carbonyl (C=O) groups is 2. The summed E-state index contributed by atoms with van der Waals surface area (Å²) in [5.41, 5.74) is 0.245. The number of nitro groups is 1. The Morgan fingerprint density at radius 3 is 2.27 bits per heavy atom. The Kier molecular flexibility index (Phi) is 5.54. The van der Waals surface area contributed by atoms with Crippen LogP contribution in [0.15, 0.2) is 24.3 Å². The number of piperidine rings is 2. The van der Waals surface area contributed by atoms with Crippen LogP contribution in [-0.2, 0) is 4.79 Å². The molecule has 0 atom stereocenters. The quantitative estimate of drug-likeness (QED) is 0.613. The van der Waals surface area contributed by atoms with Crippen LogP contribution in [0.25, 0.3) is 0 Å². The van der Waals surface area contributed by atoms with E-state index in [2.05, 4.69) is 6.92 Å². The Hall–Kier alpha value is -2.44. The highest BCUT2D eigenvalue weighted by molar-refractivity contribution is 5.95. The van der Waals surface area contributed by atoms with Crippen molar-refractivity contribution in [2.75, 3.05) is 26.2 Å². The van der Waals surface area contributed by atoms with E-state index in [-0.39, 0.29) is 23.4 Å². The monoisotopic (exact) mass is 359 g/mol. The van der Waals surface area contributed by atoms with Crippen LogP contribution in [0, 0.1) is 22.0 Å². The highest BCUT2D eigenvalue weighted by Crippen LogP contribution is 2.25. The minimum Gasteiger partial charge on any atom is -0.342 e. The molecule has 0 bridgehead atoms. The van der Waals surface area contributed by atoms with Crippen molar-refractivity contribution >= 4 is 17.5 Å². The molecule has 2 aliphatic heterocycles. The van der Waals surface area contributed by atoms with E-state index in [4.69, 9.17) is 0 Å². The lowest BCUT2D eigenvalue weighted by atomic mass is 9.92. The average molecular weight is 359 g/mol. The fraction of sp³-hybridized carbons (Fsp3) is 0.579. The highest BCUT2D eigenvalue weighted by Gasteiger charge is 2.32. The first kappa shape index (κ1) is 18.4. The van der Waals surface area contributed by atoms with Crippen LogP contribution < -0.4 is 0 Å². The second-order valence-electron chi connectivity index (χ2n) is 7.38. The summed E-state index contributed by atoms with van der Waals surface area (Å²) < 4.78 is 0. The van der Waals surface area contributed by atoms with Gasteiger partial charge in [-0.3, -0.25) is 19.7 Å². The zero-order valence-electron chi connectivity index (χ0n) is 15.1. The van der Waals surface area contributed by atoms with Gasteiger partial charge in [-0.15, -0.1) is 0 Å². The van der Waals surface area contributed by atoms with Gasteiger partial charge >= 0.3 is 0 Å². The summed E-state index contributed by atoms with van der Waals surface area (Å²) in [4.78, 5) is 39.3. The van der Waals surface area contributed by atoms with Gasteiger partial charge in [0.2, 0.25) is 5.91 Å². The Bertz CT molecular complexity index is 690. The van der Waals surface area contributed by atoms with Crippen LogP contribution in [0.2, 0.25) is 0 Å². The summed E-state index contributed by atoms with van der Waals surface area (Å²) in [6.07, 6.45) is 3.45. The summed E-state index contributed by atoms with van der Waals surface area (Å²) in [7, 11) is 0. The number of rotatable bonds is 3. The molecule has 0 spiro atoms. The number of hydrogen-bond donors (Lipinski definition) is 0. The van der Waals surface area contributed by atoms with Gasteiger partial charge in [-0.1, -0.05) is 13.0 Å². The molecule has 7 heteroatoms. The van der Waals surface area contributed by atoms with Crippen molar-refractivity contribution in [3.63, 3.8) is 0 Å². The van der Waals surface area contributed by atoms with E-state index in [9.17, 15) is 19.7 Å². The van der Waals surface area contributed by atoms with Crippen molar-refractivity contribution in [3.05, 3.63) is 39.9 Å². The van der Waals surface area contributed by atoms with Crippen molar-refractivity contribution in [2.24, 2.45) is 11.8 Å². The highest BCUT2D eigenvalue weighted by atomic mass is 16.6. The molecule has 2 aliphatic rings. The predicted octanol–water partition coefficient (Wildman–Crippen LogP) is 2.71. The zero-order valence-corrected chi connectivity index (χ0v) is 15.1. The van der Waals surface area contributed by atoms with Gasteiger partial charge in [0.05, 0.1) is 4.92 Å². The van der Waals surface area contributed by atoms with Crippen LogP contribution >= 0.6 is 0 Å². The number of carbonyl (C=O) groups excluding carboxylic acids is 2. The SMILES string of the molecule is CC1CCN(C(=O)C2CCN(C(=O)c3cccc([N+](=O)[O-])c3)CC2)CC1. The van der Waals surface area contributed by atoms with Crippen LogP contribution in [0.1, 0.15) is 43.0 Å². The van der Waals surface area contributed by atoms with E-state index >= 15 is 0 Å². The van der Waals surface area contributed by atoms with Crippen molar-refractivity contribution in [1.29, 1.82) is 0 Å². The van der Waals surface area contributed by atoms with E-state index in [1.54, 1.807) is 11.0 Å². The maximum absolute atomic E-state index is 12.7. The summed E-state index contributed by atoms with van der Waals surface area (Å²) in [5.74, 6) is 0.691. The third kappa shape index (κ3) is 4.03. The molecule has 0 radical (unpaired) electrons. The normalized spacial score (nSPS) is 19.4. The minimum atomic E-state index is -0.499. The average Bonchev–Trinajstić information content (AvgIpc) is 2.67. The number of non-ortho nitro benzene ring substituents is 1. The van der Waals surface area contributed by atoms with Crippen LogP contribution in [0.5, 0.6) is 0 Å². The first-order valence-electron chi connectivity index (χ1n) is 9.28. The van der Waals surface area contributed by atoms with E-state index in [1.165, 1.54) is 18.2 Å². The number of hydrogen-bond acceptors (Lipinski definition) is 4. The lowest BCUT2D eigenvalue weighted by Crippen LogP contribution is -2.46. The van der Waals surface area contributed by atoms with Crippen molar-refractivity contribution in [2.45, 2.75) is 32.6 Å². The van der Waals surface area contributed by atoms with Crippen LogP contribution in [-0.4, -0.2) is 52.7 Å². The maximum Gasteiger partial charge on any atom is 0.270 e. The van der Waals surface area contributed by atoms with Gasteiger partial charge in [-0.05, 0) is 37.7 Å². The number of nitro benzene ring substituents is 1. The molecule has 0 N–H and O–H groups in total. The second-order valence-corrected chi connectivity index (χ2v) is 7.38. The molecule has 26 heavy (non-hydrogen) atoms. The predicted molar refractivity (Wildman–Crippen MR) is 96.7 cm³/mol. The standard InChI is InChI=1S/C19H25N3O4/c1-14-5-9-20(10-6-14)18(23)15-7-11-21(12-8-15)19(24)16-3-2-4-17(13-16)22(25)26/h2-4,13-15H,5-12H2,1H3. The molecule has 2 amide bonds. The first-order chi connectivity index (χ1) is 12.5. The van der Waals surface area contributed by atoms with E-state index < -0.39 is 4.92 Å². The fourth-order valence-electron chi connectivity index (χ4n) is 3.75. The molecular weight excluding hydrogens is 334 g/mol. The van der Waals surface area contributed by atoms with E-state index in [1.807, 2.05) is 4.90 Å². The van der Waals surface area contributed by atoms with Gasteiger partial charge in [0.15, 0.2) is 0 Å². The van der Waals surface area contributed by atoms with Gasteiger partial charge in [-0.2, -0.15) is 0 Å². The fourth-order valence-corrected chi connectivity index (χ4v) is 3.75. The molecule has 2 fully saturated rings. The molecule has 0 aromatic heterocycles. The first-order valence-corrected chi connectivity index (χ1v) is 9.28. The van der Waals surface area contributed by atoms with Crippen LogP contribution in [0.4, 0.5) is 5.69 Å². The van der Waals surface area contributed by atoms with Crippen LogP contribution in [0.3, 0.4) is 0 Å². The van der Waals surface area contributed by atoms with Crippen molar-refractivity contribution in [1.82, 2.24) is 9.80 Å². The lowest BCUT2D eigenvalue weighted by molar-refractivity contribution is -0.384. The third-order valence-electron chi connectivity index (χ3n) is 5.53. The molecule has 2 saturated heterocycles. The molecule has 140 valence electrons. The zero-order chi connectivity index (χ0) is 18.7. The number of nitrogens with zero attached hydrogens (tertiary/aromatic N) is 3. The van der Waals surface area contributed by atoms with Gasteiger partial charge < -0.3 is 9.80 Å². The molecule has 1 aromatic carbocycles. The summed E-state index contributed by atoms with van der Waals surface area (Å²) in [5, 5.41) is 10.9. The van der Waals surface area contributed by atoms with E-state index in [0.717, 1.165) is 25.9 Å². The molecule has 7 nitrogen and oxygen atoms in total. The smallest absolute Gasteiger partial charge is 0.270 e. The van der Waals surface area contributed by atoms with Crippen molar-refractivity contribution in [3.8, 4) is 0 Å². The van der Waals surface area contributed by atoms with Gasteiger partial charge in [0.1, 0.15) is 0 Å². The van der Waals surface area contributed by atoms with Crippen molar-refractivity contribution < 1.29 is 14.5 Å². The largest absolute Gasteiger partial charge is 0.342 e. The maximum atomic E-state index is 12.7. The summed E-state index contributed by atoms with van der Waals surface area (Å²) >= 11 is 0. The Morgan fingerprint density at radius 1 is 1.04 bits per heavy atom. The Balaban J connectivity index is 1.56. The molecule has 2 heterocycles.